The fourth-order valence-electron chi connectivity index (χ4n) is 3.65. The molecule has 0 bridgehead atoms. The Morgan fingerprint density at radius 3 is 2.68 bits per heavy atom. The second-order valence-electron chi connectivity index (χ2n) is 7.18. The van der Waals surface area contributed by atoms with Crippen molar-refractivity contribution in [3.05, 3.63) is 59.7 Å². The van der Waals surface area contributed by atoms with Crippen LogP contribution >= 0.6 is 0 Å². The molecule has 0 unspecified atom stereocenters. The molecule has 0 saturated heterocycles. The number of aliphatic hydroxyl groups excluding tert-OH is 1. The zero-order valence-corrected chi connectivity index (χ0v) is 18.0. The molecule has 2 aromatic heterocycles. The van der Waals surface area contributed by atoms with Gasteiger partial charge in [0.1, 0.15) is 10.6 Å². The number of hydrogen-bond acceptors (Lipinski definition) is 7. The lowest BCUT2D eigenvalue weighted by molar-refractivity contribution is -0.134. The van der Waals surface area contributed by atoms with Gasteiger partial charge in [-0.2, -0.15) is 22.7 Å². The molecule has 1 aromatic carbocycles. The van der Waals surface area contributed by atoms with Crippen LogP contribution in [0.1, 0.15) is 29.7 Å². The largest absolute Gasteiger partial charge is 0.496 e. The molecule has 10 nitrogen and oxygen atoms in total. The van der Waals surface area contributed by atoms with Crippen LogP contribution in [0.25, 0.3) is 0 Å². The van der Waals surface area contributed by atoms with E-state index in [-0.39, 0.29) is 30.5 Å². The van der Waals surface area contributed by atoms with Crippen molar-refractivity contribution in [3.8, 4) is 5.75 Å². The number of hydrogen-bond donors (Lipinski definition) is 1. The molecule has 1 amide bonds. The monoisotopic (exact) mass is 445 g/mol. The summed E-state index contributed by atoms with van der Waals surface area (Å²) in [5, 5.41) is 18.1. The van der Waals surface area contributed by atoms with Crippen molar-refractivity contribution >= 4 is 15.9 Å². The number of aliphatic hydroxyl groups is 1. The van der Waals surface area contributed by atoms with Crippen LogP contribution < -0.4 is 4.74 Å². The number of benzene rings is 1. The highest BCUT2D eigenvalue weighted by molar-refractivity contribution is 7.89. The Morgan fingerprint density at radius 1 is 1.26 bits per heavy atom. The summed E-state index contributed by atoms with van der Waals surface area (Å²) in [7, 11) is -2.34. The third-order valence-corrected chi connectivity index (χ3v) is 6.83. The van der Waals surface area contributed by atoms with Gasteiger partial charge in [0, 0.05) is 36.6 Å². The van der Waals surface area contributed by atoms with Gasteiger partial charge in [0.25, 0.3) is 10.0 Å². The van der Waals surface area contributed by atoms with Crippen molar-refractivity contribution in [3.63, 3.8) is 0 Å². The third kappa shape index (κ3) is 3.70. The van der Waals surface area contributed by atoms with Gasteiger partial charge in [-0.1, -0.05) is 18.2 Å². The van der Waals surface area contributed by atoms with Crippen LogP contribution in [0.4, 0.5) is 0 Å². The number of ether oxygens (including phenoxy) is 1. The molecule has 0 aliphatic carbocycles. The molecule has 11 heteroatoms. The smallest absolute Gasteiger partial charge is 0.286 e. The summed E-state index contributed by atoms with van der Waals surface area (Å²) in [5.74, 6) is -0.532. The van der Waals surface area contributed by atoms with E-state index in [2.05, 4.69) is 10.2 Å². The summed E-state index contributed by atoms with van der Waals surface area (Å²) in [6.45, 7) is 2.42. The summed E-state index contributed by atoms with van der Waals surface area (Å²) >= 11 is 0. The number of nitrogens with zero attached hydrogens (tertiary/aromatic N) is 5. The predicted octanol–water partition coefficient (Wildman–Crippen LogP) is 0.963. The first-order chi connectivity index (χ1) is 14.9. The SMILES string of the molecule is CCn1cc(S(=O)(=O)n2cc3c(n2)CN(C(=O)[C@H](CO)c2ccccc2OC)C3)cn1. The van der Waals surface area contributed by atoms with Gasteiger partial charge in [0.15, 0.2) is 0 Å². The quantitative estimate of drug-likeness (QED) is 0.575. The van der Waals surface area contributed by atoms with E-state index < -0.39 is 15.9 Å². The molecule has 3 aromatic rings. The van der Waals surface area contributed by atoms with Gasteiger partial charge >= 0.3 is 0 Å². The maximum Gasteiger partial charge on any atom is 0.286 e. The Labute approximate surface area is 179 Å². The lowest BCUT2D eigenvalue weighted by atomic mass is 9.97. The molecule has 4 rings (SSSR count). The van der Waals surface area contributed by atoms with Gasteiger partial charge in [0.2, 0.25) is 5.91 Å². The average molecular weight is 446 g/mol. The first kappa shape index (κ1) is 21.1. The fraction of sp³-hybridized carbons (Fsp3) is 0.350. The van der Waals surface area contributed by atoms with Crippen LogP contribution in [-0.2, 0) is 34.5 Å². The molecule has 1 aliphatic rings. The number of methoxy groups -OCH3 is 1. The number of carbonyl (C=O) groups is 1. The minimum absolute atomic E-state index is 0.0555. The highest BCUT2D eigenvalue weighted by Crippen LogP contribution is 2.31. The fourth-order valence-corrected chi connectivity index (χ4v) is 4.77. The van der Waals surface area contributed by atoms with Crippen molar-refractivity contribution in [2.75, 3.05) is 13.7 Å². The molecule has 1 aliphatic heterocycles. The number of carbonyl (C=O) groups excluding carboxylic acids is 1. The van der Waals surface area contributed by atoms with Gasteiger partial charge in [0.05, 0.1) is 38.1 Å². The summed E-state index contributed by atoms with van der Waals surface area (Å²) in [6.07, 6.45) is 4.18. The highest BCUT2D eigenvalue weighted by Gasteiger charge is 2.34. The first-order valence-corrected chi connectivity index (χ1v) is 11.2. The first-order valence-electron chi connectivity index (χ1n) is 9.77. The van der Waals surface area contributed by atoms with E-state index in [1.54, 1.807) is 29.2 Å². The minimum Gasteiger partial charge on any atom is -0.496 e. The molecular weight excluding hydrogens is 422 g/mol. The van der Waals surface area contributed by atoms with Gasteiger partial charge in [-0.3, -0.25) is 9.48 Å². The van der Waals surface area contributed by atoms with Gasteiger partial charge in [-0.05, 0) is 13.0 Å². The Balaban J connectivity index is 1.54. The minimum atomic E-state index is -3.85. The van der Waals surface area contributed by atoms with Crippen molar-refractivity contribution in [1.82, 2.24) is 23.9 Å². The van der Waals surface area contributed by atoms with Gasteiger partial charge in [-0.15, -0.1) is 0 Å². The Hall–Kier alpha value is -3.18. The van der Waals surface area contributed by atoms with E-state index in [0.29, 0.717) is 29.1 Å². The Morgan fingerprint density at radius 2 is 2.03 bits per heavy atom. The van der Waals surface area contributed by atoms with E-state index in [1.807, 2.05) is 6.92 Å². The lowest BCUT2D eigenvalue weighted by Crippen LogP contribution is -2.33. The summed E-state index contributed by atoms with van der Waals surface area (Å²) in [5.41, 5.74) is 1.76. The van der Waals surface area contributed by atoms with E-state index in [0.717, 1.165) is 4.09 Å². The number of aryl methyl sites for hydroxylation is 1. The maximum atomic E-state index is 13.1. The zero-order chi connectivity index (χ0) is 22.2. The van der Waals surface area contributed by atoms with Gasteiger partial charge in [-0.25, -0.2) is 0 Å². The second-order valence-corrected chi connectivity index (χ2v) is 8.98. The molecule has 0 saturated carbocycles. The number of fused-ring (bicyclic) bond motifs is 1. The number of amides is 1. The zero-order valence-electron chi connectivity index (χ0n) is 17.2. The standard InChI is InChI=1S/C20H23N5O5S/c1-3-24-11-15(8-21-24)31(28,29)25-10-14-9-23(12-18(14)22-25)20(27)17(13-26)16-6-4-5-7-19(16)30-2/h4-8,10-11,17,26H,3,9,12-13H2,1-2H3/t17-/m1/s1. The van der Waals surface area contributed by atoms with Crippen molar-refractivity contribution in [2.45, 2.75) is 37.4 Å². The highest BCUT2D eigenvalue weighted by atomic mass is 32.2. The molecule has 0 fully saturated rings. The third-order valence-electron chi connectivity index (χ3n) is 5.34. The van der Waals surface area contributed by atoms with Crippen LogP contribution in [0.2, 0.25) is 0 Å². The molecular formula is C20H23N5O5S. The van der Waals surface area contributed by atoms with Crippen LogP contribution in [0.3, 0.4) is 0 Å². The second kappa shape index (κ2) is 8.16. The number of rotatable bonds is 7. The summed E-state index contributed by atoms with van der Waals surface area (Å²) in [4.78, 5) is 14.7. The molecule has 1 N–H and O–H groups in total. The van der Waals surface area contributed by atoms with Crippen LogP contribution in [-0.4, -0.2) is 57.0 Å². The summed E-state index contributed by atoms with van der Waals surface area (Å²) in [6, 6.07) is 7.05. The lowest BCUT2D eigenvalue weighted by Gasteiger charge is -2.23. The number of aromatic nitrogens is 4. The molecule has 0 radical (unpaired) electrons. The van der Waals surface area contributed by atoms with Crippen LogP contribution in [0.15, 0.2) is 47.8 Å². The van der Waals surface area contributed by atoms with Gasteiger partial charge < -0.3 is 14.7 Å². The molecule has 0 spiro atoms. The topological polar surface area (TPSA) is 120 Å². The van der Waals surface area contributed by atoms with E-state index in [9.17, 15) is 18.3 Å². The average Bonchev–Trinajstić information content (AvgIpc) is 3.49. The Bertz CT molecular complexity index is 1190. The Kier molecular flexibility index (Phi) is 5.54. The maximum absolute atomic E-state index is 13.1. The van der Waals surface area contributed by atoms with Crippen molar-refractivity contribution < 1.29 is 23.1 Å². The van der Waals surface area contributed by atoms with Crippen LogP contribution in [0.5, 0.6) is 5.75 Å². The predicted molar refractivity (Wildman–Crippen MR) is 110 cm³/mol. The molecule has 3 heterocycles. The van der Waals surface area contributed by atoms with Crippen molar-refractivity contribution in [1.29, 1.82) is 0 Å². The van der Waals surface area contributed by atoms with E-state index in [1.165, 1.54) is 30.4 Å². The molecule has 1 atom stereocenters. The van der Waals surface area contributed by atoms with Crippen molar-refractivity contribution in [2.24, 2.45) is 0 Å². The summed E-state index contributed by atoms with van der Waals surface area (Å²) < 4.78 is 33.4. The normalized spacial score (nSPS) is 14.5. The van der Waals surface area contributed by atoms with E-state index in [4.69, 9.17) is 4.74 Å². The number of para-hydroxylation sites is 1. The van der Waals surface area contributed by atoms with Crippen LogP contribution in [0, 0.1) is 0 Å². The van der Waals surface area contributed by atoms with E-state index >= 15 is 0 Å². The molecule has 164 valence electrons. The molecule has 31 heavy (non-hydrogen) atoms.